The molecule has 2 N–H and O–H groups in total. The Balaban J connectivity index is 0. The second kappa shape index (κ2) is 7.03. The van der Waals surface area contributed by atoms with Crippen molar-refractivity contribution in [3.05, 3.63) is 0 Å². The molecule has 0 radical (unpaired) electrons. The Bertz CT molecular complexity index is 182. The summed E-state index contributed by atoms with van der Waals surface area (Å²) in [6.45, 7) is 5.14. The van der Waals surface area contributed by atoms with Crippen molar-refractivity contribution in [1.29, 1.82) is 0 Å². The molecular weight excluding hydrogens is 228 g/mol. The van der Waals surface area contributed by atoms with E-state index in [0.29, 0.717) is 6.42 Å². The standard InChI is InChI=1S/C8H15NO3.Ga.3H/c1-5(2)4-7(8(11)12)9-6(3)10;;;;/h5,7H,4H2,1-3H3,(H,9,10)(H,11,12);;;;/t7-;;;;/m0..../s1. The van der Waals surface area contributed by atoms with Crippen LogP contribution in [0, 0.1) is 5.92 Å². The van der Waals surface area contributed by atoms with Gasteiger partial charge in [0.25, 0.3) is 0 Å². The molecule has 0 heterocycles. The van der Waals surface area contributed by atoms with Crippen LogP contribution in [0.3, 0.4) is 0 Å². The van der Waals surface area contributed by atoms with Gasteiger partial charge in [0.15, 0.2) is 0 Å². The van der Waals surface area contributed by atoms with Crippen LogP contribution in [0.2, 0.25) is 0 Å². The third kappa shape index (κ3) is 7.92. The van der Waals surface area contributed by atoms with Crippen molar-refractivity contribution in [2.24, 2.45) is 5.92 Å². The molecule has 0 unspecified atom stereocenters. The second-order valence-corrected chi connectivity index (χ2v) is 3.22. The van der Waals surface area contributed by atoms with Crippen molar-refractivity contribution < 1.29 is 14.7 Å². The van der Waals surface area contributed by atoms with E-state index in [4.69, 9.17) is 5.11 Å². The van der Waals surface area contributed by atoms with Crippen molar-refractivity contribution in [3.63, 3.8) is 0 Å². The summed E-state index contributed by atoms with van der Waals surface area (Å²) in [5.41, 5.74) is 0. The van der Waals surface area contributed by atoms with E-state index in [9.17, 15) is 9.59 Å². The van der Waals surface area contributed by atoms with Crippen LogP contribution in [0.4, 0.5) is 0 Å². The molecule has 0 bridgehead atoms. The molecular formula is C8H18GaNO3. The van der Waals surface area contributed by atoms with Gasteiger partial charge in [-0.15, -0.1) is 0 Å². The molecule has 0 fully saturated rings. The van der Waals surface area contributed by atoms with Gasteiger partial charge in [0.2, 0.25) is 5.91 Å². The Morgan fingerprint density at radius 3 is 2.08 bits per heavy atom. The number of carbonyl (C=O) groups is 2. The van der Waals surface area contributed by atoms with Crippen molar-refractivity contribution >= 4 is 31.7 Å². The number of amides is 1. The summed E-state index contributed by atoms with van der Waals surface area (Å²) in [4.78, 5) is 21.1. The number of rotatable bonds is 4. The van der Waals surface area contributed by atoms with Gasteiger partial charge in [0.1, 0.15) is 6.04 Å². The third-order valence-electron chi connectivity index (χ3n) is 1.38. The fourth-order valence-electron chi connectivity index (χ4n) is 0.938. The van der Waals surface area contributed by atoms with E-state index in [1.165, 1.54) is 6.92 Å². The van der Waals surface area contributed by atoms with E-state index in [0.717, 1.165) is 0 Å². The van der Waals surface area contributed by atoms with Gasteiger partial charge in [-0.2, -0.15) is 0 Å². The Morgan fingerprint density at radius 1 is 1.38 bits per heavy atom. The van der Waals surface area contributed by atoms with Crippen LogP contribution in [-0.2, 0) is 9.59 Å². The number of carboxylic acid groups (broad SMARTS) is 1. The van der Waals surface area contributed by atoms with Gasteiger partial charge in [-0.1, -0.05) is 13.8 Å². The first-order chi connectivity index (χ1) is 5.43. The summed E-state index contributed by atoms with van der Waals surface area (Å²) in [6, 6.07) is -0.748. The van der Waals surface area contributed by atoms with Crippen molar-refractivity contribution in [2.75, 3.05) is 0 Å². The SMILES string of the molecule is CC(=O)N[C@@H](CC(C)C)C(=O)O.[GaH3]. The number of hydrogen-bond acceptors (Lipinski definition) is 2. The minimum atomic E-state index is -0.973. The van der Waals surface area contributed by atoms with Crippen molar-refractivity contribution in [1.82, 2.24) is 5.32 Å². The normalized spacial score (nSPS) is 11.7. The van der Waals surface area contributed by atoms with E-state index >= 15 is 0 Å². The molecule has 76 valence electrons. The van der Waals surface area contributed by atoms with Crippen molar-refractivity contribution in [2.45, 2.75) is 33.2 Å². The summed E-state index contributed by atoms with van der Waals surface area (Å²) in [7, 11) is 0. The fraction of sp³-hybridized carbons (Fsp3) is 0.750. The summed E-state index contributed by atoms with van der Waals surface area (Å²) in [5.74, 6) is -1.01. The van der Waals surface area contributed by atoms with Crippen molar-refractivity contribution in [3.8, 4) is 0 Å². The van der Waals surface area contributed by atoms with E-state index in [1.807, 2.05) is 13.8 Å². The summed E-state index contributed by atoms with van der Waals surface area (Å²) in [6.07, 6.45) is 0.467. The van der Waals surface area contributed by atoms with Crippen LogP contribution in [0.15, 0.2) is 0 Å². The number of hydrogen-bond donors (Lipinski definition) is 2. The first kappa shape index (κ1) is 15.1. The maximum absolute atomic E-state index is 10.6. The van der Waals surface area contributed by atoms with E-state index in [1.54, 1.807) is 0 Å². The Kier molecular flexibility index (Phi) is 8.14. The molecule has 1 atom stereocenters. The molecule has 0 aliphatic heterocycles. The van der Waals surface area contributed by atoms with Gasteiger partial charge in [-0.25, -0.2) is 4.79 Å². The van der Waals surface area contributed by atoms with Crippen LogP contribution in [0.1, 0.15) is 27.2 Å². The molecule has 0 saturated heterocycles. The fourth-order valence-corrected chi connectivity index (χ4v) is 0.938. The molecule has 0 spiro atoms. The van der Waals surface area contributed by atoms with E-state index < -0.39 is 12.0 Å². The summed E-state index contributed by atoms with van der Waals surface area (Å²) >= 11 is 0. The quantitative estimate of drug-likeness (QED) is 0.653. The molecule has 0 aromatic rings. The zero-order valence-electron chi connectivity index (χ0n) is 7.63. The Morgan fingerprint density at radius 2 is 1.85 bits per heavy atom. The molecule has 0 aliphatic carbocycles. The molecule has 5 heteroatoms. The minimum absolute atomic E-state index is 0. The number of carboxylic acids is 1. The molecule has 4 nitrogen and oxygen atoms in total. The molecule has 0 aromatic carbocycles. The molecule has 0 aromatic heterocycles. The molecule has 13 heavy (non-hydrogen) atoms. The number of aliphatic carboxylic acids is 1. The third-order valence-corrected chi connectivity index (χ3v) is 1.38. The average Bonchev–Trinajstić information content (AvgIpc) is 1.83. The Hall–Kier alpha value is -0.424. The molecule has 0 aliphatic rings. The predicted octanol–water partition coefficient (Wildman–Crippen LogP) is -0.562. The maximum atomic E-state index is 10.6. The van der Waals surface area contributed by atoms with Gasteiger partial charge in [0.05, 0.1) is 0 Å². The molecule has 0 rings (SSSR count). The molecule has 0 saturated carbocycles. The number of carbonyl (C=O) groups excluding carboxylic acids is 1. The van der Waals surface area contributed by atoms with Gasteiger partial charge in [0, 0.05) is 6.92 Å². The summed E-state index contributed by atoms with van der Waals surface area (Å²) in [5, 5.41) is 11.0. The van der Waals surface area contributed by atoms with Crippen LogP contribution in [0.5, 0.6) is 0 Å². The predicted molar refractivity (Wildman–Crippen MR) is 54.6 cm³/mol. The average molecular weight is 246 g/mol. The first-order valence-electron chi connectivity index (χ1n) is 3.93. The zero-order valence-corrected chi connectivity index (χ0v) is 7.63. The second-order valence-electron chi connectivity index (χ2n) is 3.22. The zero-order chi connectivity index (χ0) is 9.72. The Labute approximate surface area is 91.1 Å². The van der Waals surface area contributed by atoms with E-state index in [-0.39, 0.29) is 31.6 Å². The number of nitrogens with one attached hydrogen (secondary N) is 1. The van der Waals surface area contributed by atoms with Gasteiger partial charge >= 0.3 is 25.8 Å². The van der Waals surface area contributed by atoms with Crippen LogP contribution < -0.4 is 5.32 Å². The van der Waals surface area contributed by atoms with Gasteiger partial charge in [-0.05, 0) is 12.3 Å². The first-order valence-corrected chi connectivity index (χ1v) is 3.93. The monoisotopic (exact) mass is 245 g/mol. The topological polar surface area (TPSA) is 66.4 Å². The van der Waals surface area contributed by atoms with Crippen LogP contribution in [0.25, 0.3) is 0 Å². The van der Waals surface area contributed by atoms with Gasteiger partial charge in [-0.3, -0.25) is 4.79 Å². The van der Waals surface area contributed by atoms with Crippen LogP contribution in [-0.4, -0.2) is 42.8 Å². The van der Waals surface area contributed by atoms with Gasteiger partial charge < -0.3 is 10.4 Å². The summed E-state index contributed by atoms with van der Waals surface area (Å²) < 4.78 is 0. The molecule has 1 amide bonds. The van der Waals surface area contributed by atoms with Crippen LogP contribution >= 0.6 is 0 Å². The van der Waals surface area contributed by atoms with E-state index in [2.05, 4.69) is 5.32 Å².